The Morgan fingerprint density at radius 3 is 1.95 bits per heavy atom. The molecule has 0 fully saturated rings. The lowest BCUT2D eigenvalue weighted by atomic mass is 10.0. The van der Waals surface area contributed by atoms with Gasteiger partial charge in [-0.15, -0.1) is 0 Å². The smallest absolute Gasteiger partial charge is 0.378 e. The van der Waals surface area contributed by atoms with Crippen molar-refractivity contribution in [3.8, 4) is 23.7 Å². The highest BCUT2D eigenvalue weighted by Crippen LogP contribution is 2.20. The van der Waals surface area contributed by atoms with Crippen molar-refractivity contribution in [3.63, 3.8) is 0 Å². The summed E-state index contributed by atoms with van der Waals surface area (Å²) in [6.07, 6.45) is 0. The summed E-state index contributed by atoms with van der Waals surface area (Å²) in [5, 5.41) is 19.5. The second-order valence-electron chi connectivity index (χ2n) is 5.94. The van der Waals surface area contributed by atoms with Gasteiger partial charge in [-0.25, -0.2) is 9.37 Å². The zero-order valence-electron chi connectivity index (χ0n) is 12.8. The van der Waals surface area contributed by atoms with E-state index in [1.807, 2.05) is 0 Å². The predicted octanol–water partition coefficient (Wildman–Crippen LogP) is 1.63. The van der Waals surface area contributed by atoms with Gasteiger partial charge >= 0.3 is 5.63 Å². The zero-order chi connectivity index (χ0) is 16.5. The van der Waals surface area contributed by atoms with Gasteiger partial charge in [-0.05, 0) is 39.8 Å². The lowest BCUT2D eigenvalue weighted by molar-refractivity contribution is 0.0657. The van der Waals surface area contributed by atoms with E-state index in [1.165, 1.54) is 13.8 Å². The highest BCUT2D eigenvalue weighted by atomic mass is 17.0. The summed E-state index contributed by atoms with van der Waals surface area (Å²) in [6, 6.07) is 3.22. The minimum atomic E-state index is -1.18. The quantitative estimate of drug-likeness (QED) is 0.570. The SMILES string of the molecule is CC(C)(O)C#Cc1ccc(C#CC(C)(C)O)c2c(=O)ooc12. The third kappa shape index (κ3) is 3.79. The Hall–Kier alpha value is -2.47. The van der Waals surface area contributed by atoms with Crippen LogP contribution >= 0.6 is 0 Å². The highest BCUT2D eigenvalue weighted by Gasteiger charge is 2.15. The largest absolute Gasteiger partial charge is 0.391 e. The molecule has 2 aromatic rings. The van der Waals surface area contributed by atoms with Crippen LogP contribution in [0.4, 0.5) is 0 Å². The van der Waals surface area contributed by atoms with E-state index in [-0.39, 0.29) is 11.0 Å². The van der Waals surface area contributed by atoms with Crippen molar-refractivity contribution in [1.29, 1.82) is 0 Å². The second kappa shape index (κ2) is 5.38. The van der Waals surface area contributed by atoms with Crippen molar-refractivity contribution in [2.75, 3.05) is 0 Å². The van der Waals surface area contributed by atoms with Crippen LogP contribution in [0, 0.1) is 23.7 Å². The molecule has 0 aliphatic rings. The fourth-order valence-electron chi connectivity index (χ4n) is 1.64. The molecule has 0 bridgehead atoms. The number of benzene rings is 1. The topological polar surface area (TPSA) is 83.8 Å². The van der Waals surface area contributed by atoms with Crippen LogP contribution in [0.15, 0.2) is 26.1 Å². The third-order valence-corrected chi connectivity index (χ3v) is 2.57. The molecule has 2 N–H and O–H groups in total. The maximum Gasteiger partial charge on any atom is 0.391 e. The molecule has 0 unspecified atom stereocenters. The molecule has 0 saturated heterocycles. The fourth-order valence-corrected chi connectivity index (χ4v) is 1.64. The molecule has 5 nitrogen and oxygen atoms in total. The molecule has 1 aromatic carbocycles. The Labute approximate surface area is 127 Å². The molecule has 0 aliphatic carbocycles. The van der Waals surface area contributed by atoms with Crippen LogP contribution in [0.3, 0.4) is 0 Å². The van der Waals surface area contributed by atoms with Crippen molar-refractivity contribution < 1.29 is 19.4 Å². The second-order valence-corrected chi connectivity index (χ2v) is 5.94. The molecule has 0 amide bonds. The number of fused-ring (bicyclic) bond motifs is 1. The zero-order valence-corrected chi connectivity index (χ0v) is 12.8. The van der Waals surface area contributed by atoms with Crippen LogP contribution in [0.2, 0.25) is 0 Å². The van der Waals surface area contributed by atoms with E-state index in [9.17, 15) is 15.0 Å². The molecular weight excluding hydrogens is 284 g/mol. The minimum absolute atomic E-state index is 0.166. The first kappa shape index (κ1) is 15.9. The summed E-state index contributed by atoms with van der Waals surface area (Å²) in [5.41, 5.74) is -2.05. The number of rotatable bonds is 0. The van der Waals surface area contributed by atoms with Crippen LogP contribution < -0.4 is 5.63 Å². The summed E-state index contributed by atoms with van der Waals surface area (Å²) in [6.45, 7) is 6.17. The van der Waals surface area contributed by atoms with E-state index in [2.05, 4.69) is 28.3 Å². The lowest BCUT2D eigenvalue weighted by Crippen LogP contribution is -2.14. The first-order valence-corrected chi connectivity index (χ1v) is 6.64. The van der Waals surface area contributed by atoms with Gasteiger partial charge in [0.25, 0.3) is 0 Å². The average molecular weight is 300 g/mol. The molecule has 0 atom stereocenters. The van der Waals surface area contributed by atoms with Crippen molar-refractivity contribution in [1.82, 2.24) is 0 Å². The van der Waals surface area contributed by atoms with Crippen molar-refractivity contribution >= 4 is 11.0 Å². The summed E-state index contributed by atoms with van der Waals surface area (Å²) in [4.78, 5) is 11.8. The van der Waals surface area contributed by atoms with Gasteiger partial charge in [0.1, 0.15) is 16.6 Å². The normalized spacial score (nSPS) is 11.5. The maximum absolute atomic E-state index is 11.8. The molecule has 114 valence electrons. The van der Waals surface area contributed by atoms with Gasteiger partial charge in [-0.1, -0.05) is 23.7 Å². The van der Waals surface area contributed by atoms with E-state index in [0.29, 0.717) is 11.1 Å². The third-order valence-electron chi connectivity index (χ3n) is 2.57. The van der Waals surface area contributed by atoms with E-state index < -0.39 is 16.8 Å². The Kier molecular flexibility index (Phi) is 3.89. The van der Waals surface area contributed by atoms with E-state index >= 15 is 0 Å². The maximum atomic E-state index is 11.8. The van der Waals surface area contributed by atoms with Gasteiger partial charge in [0.05, 0.1) is 5.56 Å². The molecule has 0 spiro atoms. The summed E-state index contributed by atoms with van der Waals surface area (Å²) in [7, 11) is 0. The number of hydrogen-bond acceptors (Lipinski definition) is 5. The van der Waals surface area contributed by atoms with Crippen LogP contribution in [0.1, 0.15) is 38.8 Å². The van der Waals surface area contributed by atoms with Crippen molar-refractivity contribution in [2.45, 2.75) is 38.9 Å². The van der Waals surface area contributed by atoms with Crippen molar-refractivity contribution in [3.05, 3.63) is 33.7 Å². The Morgan fingerprint density at radius 1 is 0.909 bits per heavy atom. The average Bonchev–Trinajstić information content (AvgIpc) is 2.75. The molecule has 22 heavy (non-hydrogen) atoms. The summed E-state index contributed by atoms with van der Waals surface area (Å²) >= 11 is 0. The number of aliphatic hydroxyl groups is 2. The molecule has 0 saturated carbocycles. The van der Waals surface area contributed by atoms with E-state index in [4.69, 9.17) is 4.58 Å². The first-order chi connectivity index (χ1) is 10.1. The Bertz CT molecular complexity index is 877. The van der Waals surface area contributed by atoms with Gasteiger partial charge in [0.2, 0.25) is 5.58 Å². The highest BCUT2D eigenvalue weighted by molar-refractivity contribution is 5.87. The van der Waals surface area contributed by atoms with E-state index in [0.717, 1.165) is 0 Å². The summed E-state index contributed by atoms with van der Waals surface area (Å²) < 4.78 is 9.48. The van der Waals surface area contributed by atoms with Gasteiger partial charge in [-0.2, -0.15) is 0 Å². The summed E-state index contributed by atoms with van der Waals surface area (Å²) in [5.74, 6) is 10.8. The van der Waals surface area contributed by atoms with Crippen LogP contribution in [0.25, 0.3) is 11.0 Å². The van der Waals surface area contributed by atoms with Crippen LogP contribution in [-0.4, -0.2) is 21.4 Å². The Balaban J connectivity index is 2.65. The number of hydrogen-bond donors (Lipinski definition) is 2. The fraction of sp³-hybridized carbons (Fsp3) is 0.353. The molecule has 2 rings (SSSR count). The lowest BCUT2D eigenvalue weighted by Gasteiger charge is -2.06. The molecule has 1 heterocycles. The van der Waals surface area contributed by atoms with Crippen LogP contribution in [-0.2, 0) is 0 Å². The van der Waals surface area contributed by atoms with Gasteiger partial charge in [0, 0.05) is 5.56 Å². The van der Waals surface area contributed by atoms with Gasteiger partial charge < -0.3 is 10.2 Å². The molecule has 5 heteroatoms. The first-order valence-electron chi connectivity index (χ1n) is 6.64. The van der Waals surface area contributed by atoms with Crippen LogP contribution in [0.5, 0.6) is 0 Å². The van der Waals surface area contributed by atoms with E-state index in [1.54, 1.807) is 26.0 Å². The van der Waals surface area contributed by atoms with Crippen molar-refractivity contribution in [2.24, 2.45) is 0 Å². The van der Waals surface area contributed by atoms with Gasteiger partial charge in [0.15, 0.2) is 0 Å². The molecule has 1 aromatic heterocycles. The predicted molar refractivity (Wildman–Crippen MR) is 81.1 cm³/mol. The van der Waals surface area contributed by atoms with Gasteiger partial charge in [-0.3, -0.25) is 4.58 Å². The Morgan fingerprint density at radius 2 is 1.41 bits per heavy atom. The monoisotopic (exact) mass is 300 g/mol. The molecular formula is C17H16O5. The molecule has 0 aliphatic heterocycles. The molecule has 0 radical (unpaired) electrons. The standard InChI is InChI=1S/C17H16O5/c1-16(2,19)9-7-11-5-6-12(8-10-17(3,4)20)14-13(11)15(18)22-21-14/h5-6,19-20H,1-4H3. The minimum Gasteiger partial charge on any atom is -0.378 e.